The van der Waals surface area contributed by atoms with Gasteiger partial charge in [-0.2, -0.15) is 18.2 Å². The maximum atomic E-state index is 15.1. The highest BCUT2D eigenvalue weighted by Crippen LogP contribution is 2.57. The van der Waals surface area contributed by atoms with Crippen LogP contribution in [0.5, 0.6) is 0 Å². The number of benzene rings is 1. The number of rotatable bonds is 4. The molecule has 5 rings (SSSR count). The van der Waals surface area contributed by atoms with Crippen molar-refractivity contribution in [1.82, 2.24) is 24.6 Å². The Labute approximate surface area is 198 Å². The van der Waals surface area contributed by atoms with Crippen LogP contribution >= 0.6 is 0 Å². The number of fused-ring (bicyclic) bond motifs is 3. The number of hydrogen-bond acceptors (Lipinski definition) is 5. The Balaban J connectivity index is 1.69. The van der Waals surface area contributed by atoms with E-state index < -0.39 is 41.6 Å². The smallest absolute Gasteiger partial charge is 0.320 e. The molecule has 4 aromatic rings. The minimum Gasteiger partial charge on any atom is -0.320 e. The summed E-state index contributed by atoms with van der Waals surface area (Å²) in [6, 6.07) is 4.60. The van der Waals surface area contributed by atoms with E-state index in [9.17, 15) is 26.3 Å². The molecular formula is C23H15F7N6. The normalized spacial score (nSPS) is 14.8. The molecule has 0 saturated heterocycles. The summed E-state index contributed by atoms with van der Waals surface area (Å²) in [7, 11) is 0. The summed E-state index contributed by atoms with van der Waals surface area (Å²) in [5, 5.41) is 7.34. The van der Waals surface area contributed by atoms with Crippen molar-refractivity contribution in [1.29, 1.82) is 0 Å². The molecule has 3 heterocycles. The molecule has 0 atom stereocenters. The van der Waals surface area contributed by atoms with E-state index in [4.69, 9.17) is 0 Å². The molecule has 0 radical (unpaired) electrons. The molecule has 186 valence electrons. The van der Waals surface area contributed by atoms with Gasteiger partial charge < -0.3 is 4.90 Å². The van der Waals surface area contributed by atoms with Crippen LogP contribution in [0.4, 0.5) is 42.2 Å². The predicted octanol–water partition coefficient (Wildman–Crippen LogP) is 5.36. The first-order valence-electron chi connectivity index (χ1n) is 10.6. The molecule has 6 nitrogen and oxygen atoms in total. The maximum absolute atomic E-state index is 15.1. The highest BCUT2D eigenvalue weighted by atomic mass is 19.4. The van der Waals surface area contributed by atoms with Crippen LogP contribution < -0.4 is 4.90 Å². The van der Waals surface area contributed by atoms with Crippen LogP contribution in [0.25, 0.3) is 16.7 Å². The zero-order valence-electron chi connectivity index (χ0n) is 18.4. The van der Waals surface area contributed by atoms with Gasteiger partial charge in [-0.25, -0.2) is 22.5 Å². The number of halogens is 7. The van der Waals surface area contributed by atoms with Gasteiger partial charge in [0.2, 0.25) is 0 Å². The Morgan fingerprint density at radius 1 is 1.14 bits per heavy atom. The first-order chi connectivity index (χ1) is 17.0. The number of hydrogen-bond donors (Lipinski definition) is 0. The van der Waals surface area contributed by atoms with Crippen LogP contribution in [0, 0.1) is 35.8 Å². The SMILES string of the molecule is Cc1nnc2nc(N(CC(F)F)c3ccnc(C#CC4(C(F)(F)F)CC4)c3)c3c(F)c(F)ccc3n12. The van der Waals surface area contributed by atoms with Gasteiger partial charge in [-0.05, 0) is 50.0 Å². The lowest BCUT2D eigenvalue weighted by molar-refractivity contribution is -0.168. The topological polar surface area (TPSA) is 59.2 Å². The molecule has 1 aromatic carbocycles. The highest BCUT2D eigenvalue weighted by molar-refractivity contribution is 5.94. The fourth-order valence-electron chi connectivity index (χ4n) is 3.89. The van der Waals surface area contributed by atoms with Gasteiger partial charge in [0.05, 0.1) is 17.4 Å². The molecule has 36 heavy (non-hydrogen) atoms. The van der Waals surface area contributed by atoms with Crippen molar-refractivity contribution in [2.45, 2.75) is 32.4 Å². The van der Waals surface area contributed by atoms with Gasteiger partial charge in [0, 0.05) is 11.9 Å². The van der Waals surface area contributed by atoms with Crippen LogP contribution in [0.2, 0.25) is 0 Å². The highest BCUT2D eigenvalue weighted by Gasteiger charge is 2.62. The molecule has 0 amide bonds. The summed E-state index contributed by atoms with van der Waals surface area (Å²) in [5.74, 6) is 1.90. The van der Waals surface area contributed by atoms with Crippen LogP contribution in [0.1, 0.15) is 24.4 Å². The molecule has 1 saturated carbocycles. The van der Waals surface area contributed by atoms with Gasteiger partial charge in [0.1, 0.15) is 22.8 Å². The number of anilines is 2. The van der Waals surface area contributed by atoms with Gasteiger partial charge in [0.25, 0.3) is 12.2 Å². The second-order valence-corrected chi connectivity index (χ2v) is 8.30. The first-order valence-corrected chi connectivity index (χ1v) is 10.6. The molecule has 0 aliphatic heterocycles. The summed E-state index contributed by atoms with van der Waals surface area (Å²) in [6.45, 7) is 0.561. The Hall–Kier alpha value is -3.95. The Morgan fingerprint density at radius 2 is 1.89 bits per heavy atom. The van der Waals surface area contributed by atoms with E-state index in [1.54, 1.807) is 6.92 Å². The molecule has 0 bridgehead atoms. The zero-order chi connectivity index (χ0) is 25.8. The van der Waals surface area contributed by atoms with Crippen LogP contribution in [0.3, 0.4) is 0 Å². The third-order valence-corrected chi connectivity index (χ3v) is 5.90. The van der Waals surface area contributed by atoms with Crippen molar-refractivity contribution in [2.75, 3.05) is 11.4 Å². The molecule has 13 heteroatoms. The van der Waals surface area contributed by atoms with Crippen molar-refractivity contribution in [3.05, 3.63) is 53.6 Å². The van der Waals surface area contributed by atoms with E-state index in [-0.39, 0.29) is 41.3 Å². The molecule has 1 aliphatic rings. The van der Waals surface area contributed by atoms with Crippen molar-refractivity contribution >= 4 is 28.2 Å². The molecule has 0 N–H and O–H groups in total. The largest absolute Gasteiger partial charge is 0.405 e. The van der Waals surface area contributed by atoms with Crippen molar-refractivity contribution < 1.29 is 30.7 Å². The Kier molecular flexibility index (Phi) is 5.50. The van der Waals surface area contributed by atoms with E-state index >= 15 is 4.39 Å². The number of aryl methyl sites for hydroxylation is 1. The summed E-state index contributed by atoms with van der Waals surface area (Å²) in [5.41, 5.74) is -2.14. The predicted molar refractivity (Wildman–Crippen MR) is 115 cm³/mol. The van der Waals surface area contributed by atoms with Gasteiger partial charge in [0.15, 0.2) is 11.6 Å². The Morgan fingerprint density at radius 3 is 2.56 bits per heavy atom. The second kappa shape index (κ2) is 8.32. The first kappa shape index (κ1) is 23.8. The fraction of sp³-hybridized carbons (Fsp3) is 0.304. The molecule has 1 aliphatic carbocycles. The lowest BCUT2D eigenvalue weighted by Gasteiger charge is -2.25. The van der Waals surface area contributed by atoms with E-state index in [0.29, 0.717) is 5.82 Å². The van der Waals surface area contributed by atoms with Gasteiger partial charge >= 0.3 is 6.18 Å². The number of pyridine rings is 1. The number of nitrogens with zero attached hydrogens (tertiary/aromatic N) is 6. The number of alkyl halides is 5. The third kappa shape index (κ3) is 3.96. The van der Waals surface area contributed by atoms with E-state index in [2.05, 4.69) is 32.0 Å². The van der Waals surface area contributed by atoms with Crippen LogP contribution in [0.15, 0.2) is 30.5 Å². The average Bonchev–Trinajstić information content (AvgIpc) is 3.55. The minimum atomic E-state index is -4.50. The maximum Gasteiger partial charge on any atom is 0.405 e. The summed E-state index contributed by atoms with van der Waals surface area (Å²) >= 11 is 0. The van der Waals surface area contributed by atoms with E-state index in [1.165, 1.54) is 28.8 Å². The molecule has 1 fully saturated rings. The second-order valence-electron chi connectivity index (χ2n) is 8.30. The van der Waals surface area contributed by atoms with E-state index in [1.807, 2.05) is 0 Å². The third-order valence-electron chi connectivity index (χ3n) is 5.90. The van der Waals surface area contributed by atoms with Crippen molar-refractivity contribution in [3.63, 3.8) is 0 Å². The number of aromatic nitrogens is 5. The van der Waals surface area contributed by atoms with Crippen LogP contribution in [-0.4, -0.2) is 43.7 Å². The van der Waals surface area contributed by atoms with Crippen molar-refractivity contribution in [2.24, 2.45) is 5.41 Å². The standard InChI is InChI=1S/C23H15F7N6/c1-12-33-34-21-32-20(18-16(36(12)21)3-2-15(24)19(18)27)35(11-17(25)26)14-5-9-31-13(10-14)4-6-22(7-8-22)23(28,29)30/h2-3,5,9-10,17H,7-8,11H2,1H3. The fourth-order valence-corrected chi connectivity index (χ4v) is 3.89. The molecule has 0 spiro atoms. The van der Waals surface area contributed by atoms with E-state index in [0.717, 1.165) is 11.0 Å². The lowest BCUT2D eigenvalue weighted by Crippen LogP contribution is -2.26. The Bertz CT molecular complexity index is 1550. The molecular weight excluding hydrogens is 493 g/mol. The molecule has 3 aromatic heterocycles. The summed E-state index contributed by atoms with van der Waals surface area (Å²) < 4.78 is 97.6. The van der Waals surface area contributed by atoms with Crippen LogP contribution in [-0.2, 0) is 0 Å². The molecule has 0 unspecified atom stereocenters. The zero-order valence-corrected chi connectivity index (χ0v) is 18.4. The monoisotopic (exact) mass is 508 g/mol. The van der Waals surface area contributed by atoms with Gasteiger partial charge in [-0.3, -0.25) is 4.40 Å². The average molecular weight is 508 g/mol. The lowest BCUT2D eigenvalue weighted by atomic mass is 10.1. The van der Waals surface area contributed by atoms with Gasteiger partial charge in [-0.1, -0.05) is 5.92 Å². The minimum absolute atomic E-state index is 0.00972. The quantitative estimate of drug-likeness (QED) is 0.275. The summed E-state index contributed by atoms with van der Waals surface area (Å²) in [4.78, 5) is 9.02. The summed E-state index contributed by atoms with van der Waals surface area (Å²) in [6.07, 6.45) is -6.56. The van der Waals surface area contributed by atoms with Crippen molar-refractivity contribution in [3.8, 4) is 11.8 Å². The van der Waals surface area contributed by atoms with Gasteiger partial charge in [-0.15, -0.1) is 10.2 Å².